The Kier molecular flexibility index (Phi) is 6.91. The molecule has 1 amide bonds. The highest BCUT2D eigenvalue weighted by molar-refractivity contribution is 7.89. The zero-order valence-corrected chi connectivity index (χ0v) is 16.7. The van der Waals surface area contributed by atoms with Crippen molar-refractivity contribution in [1.29, 1.82) is 0 Å². The molecule has 1 atom stereocenters. The Hall–Kier alpha value is -3.10. The minimum absolute atomic E-state index is 0.114. The lowest BCUT2D eigenvalue weighted by molar-refractivity contribution is -0.122. The summed E-state index contributed by atoms with van der Waals surface area (Å²) in [6.45, 7) is 0.114. The Morgan fingerprint density at radius 1 is 0.800 bits per heavy atom. The van der Waals surface area contributed by atoms with Crippen molar-refractivity contribution >= 4 is 15.9 Å². The number of carbonyl (C=O) groups excluding carboxylic acids is 1. The summed E-state index contributed by atoms with van der Waals surface area (Å²) < 4.78 is 54.0. The summed E-state index contributed by atoms with van der Waals surface area (Å²) in [5.41, 5.74) is 1.44. The van der Waals surface area contributed by atoms with E-state index in [9.17, 15) is 22.0 Å². The van der Waals surface area contributed by atoms with E-state index < -0.39 is 27.8 Å². The topological polar surface area (TPSA) is 75.3 Å². The number of hydrogen-bond acceptors (Lipinski definition) is 3. The summed E-state index contributed by atoms with van der Waals surface area (Å²) in [7, 11) is -4.06. The molecule has 0 heterocycles. The van der Waals surface area contributed by atoms with Gasteiger partial charge in [-0.15, -0.1) is 0 Å². The van der Waals surface area contributed by atoms with Crippen LogP contribution < -0.4 is 10.0 Å². The van der Waals surface area contributed by atoms with Crippen molar-refractivity contribution in [3.05, 3.63) is 102 Å². The van der Waals surface area contributed by atoms with Gasteiger partial charge in [-0.3, -0.25) is 4.79 Å². The highest BCUT2D eigenvalue weighted by Gasteiger charge is 2.26. The van der Waals surface area contributed by atoms with Gasteiger partial charge in [0.1, 0.15) is 17.7 Å². The molecule has 3 aromatic carbocycles. The van der Waals surface area contributed by atoms with Crippen LogP contribution in [-0.4, -0.2) is 20.4 Å². The Morgan fingerprint density at radius 2 is 1.37 bits per heavy atom. The van der Waals surface area contributed by atoms with Gasteiger partial charge < -0.3 is 5.32 Å². The summed E-state index contributed by atoms with van der Waals surface area (Å²) in [5.74, 6) is -1.49. The largest absolute Gasteiger partial charge is 0.351 e. The van der Waals surface area contributed by atoms with Gasteiger partial charge in [0.25, 0.3) is 0 Å². The smallest absolute Gasteiger partial charge is 0.241 e. The molecule has 0 radical (unpaired) electrons. The van der Waals surface area contributed by atoms with Crippen LogP contribution in [0.3, 0.4) is 0 Å². The average Bonchev–Trinajstić information content (AvgIpc) is 2.73. The lowest BCUT2D eigenvalue weighted by Gasteiger charge is -2.19. The molecule has 2 N–H and O–H groups in total. The van der Waals surface area contributed by atoms with Crippen molar-refractivity contribution in [3.8, 4) is 0 Å². The van der Waals surface area contributed by atoms with Crippen LogP contribution >= 0.6 is 0 Å². The first-order valence-electron chi connectivity index (χ1n) is 9.17. The number of amides is 1. The number of rotatable bonds is 8. The van der Waals surface area contributed by atoms with E-state index >= 15 is 0 Å². The van der Waals surface area contributed by atoms with E-state index in [0.29, 0.717) is 5.56 Å². The molecule has 3 rings (SSSR count). The molecule has 0 bridgehead atoms. The second-order valence-corrected chi connectivity index (χ2v) is 8.38. The molecule has 0 aliphatic carbocycles. The SMILES string of the molecule is O=C(NCc1ccc(F)cc1)[C@H](Cc1ccccc1)NS(=O)(=O)c1ccc(F)cc1. The number of hydrogen-bond donors (Lipinski definition) is 2. The molecular formula is C22H20F2N2O3S. The Morgan fingerprint density at radius 3 is 1.97 bits per heavy atom. The number of benzene rings is 3. The molecule has 30 heavy (non-hydrogen) atoms. The summed E-state index contributed by atoms with van der Waals surface area (Å²) >= 11 is 0. The second kappa shape index (κ2) is 9.60. The molecule has 0 spiro atoms. The van der Waals surface area contributed by atoms with Crippen molar-refractivity contribution < 1.29 is 22.0 Å². The van der Waals surface area contributed by atoms with Gasteiger partial charge in [-0.05, 0) is 53.9 Å². The van der Waals surface area contributed by atoms with Crippen LogP contribution in [-0.2, 0) is 27.8 Å². The minimum atomic E-state index is -4.06. The van der Waals surface area contributed by atoms with Crippen LogP contribution in [0, 0.1) is 11.6 Å². The van der Waals surface area contributed by atoms with Gasteiger partial charge in [0, 0.05) is 6.54 Å². The molecule has 0 saturated heterocycles. The first-order valence-corrected chi connectivity index (χ1v) is 10.7. The van der Waals surface area contributed by atoms with Gasteiger partial charge in [-0.1, -0.05) is 42.5 Å². The monoisotopic (exact) mass is 430 g/mol. The van der Waals surface area contributed by atoms with Crippen LogP contribution in [0.5, 0.6) is 0 Å². The molecule has 0 aromatic heterocycles. The molecule has 0 fully saturated rings. The maximum Gasteiger partial charge on any atom is 0.241 e. The van der Waals surface area contributed by atoms with Gasteiger partial charge >= 0.3 is 0 Å². The highest BCUT2D eigenvalue weighted by atomic mass is 32.2. The van der Waals surface area contributed by atoms with Gasteiger partial charge in [0.05, 0.1) is 4.90 Å². The summed E-state index contributed by atoms with van der Waals surface area (Å²) in [6.07, 6.45) is 0.122. The number of nitrogens with one attached hydrogen (secondary N) is 2. The fourth-order valence-electron chi connectivity index (χ4n) is 2.82. The molecule has 5 nitrogen and oxygen atoms in total. The van der Waals surface area contributed by atoms with Crippen LogP contribution in [0.2, 0.25) is 0 Å². The number of sulfonamides is 1. The quantitative estimate of drug-likeness (QED) is 0.577. The maximum absolute atomic E-state index is 13.1. The third-order valence-corrected chi connectivity index (χ3v) is 5.89. The van der Waals surface area contributed by atoms with Crippen molar-refractivity contribution in [3.63, 3.8) is 0 Å². The summed E-state index contributed by atoms with van der Waals surface area (Å²) in [5, 5.41) is 2.67. The van der Waals surface area contributed by atoms with Gasteiger partial charge in [0.2, 0.25) is 15.9 Å². The molecule has 0 aliphatic rings. The molecule has 156 valence electrons. The van der Waals surface area contributed by atoms with Crippen molar-refractivity contribution in [1.82, 2.24) is 10.0 Å². The highest BCUT2D eigenvalue weighted by Crippen LogP contribution is 2.13. The number of halogens is 2. The van der Waals surface area contributed by atoms with Crippen LogP contribution in [0.1, 0.15) is 11.1 Å². The lowest BCUT2D eigenvalue weighted by Crippen LogP contribution is -2.47. The predicted molar refractivity (Wildman–Crippen MR) is 109 cm³/mol. The van der Waals surface area contributed by atoms with E-state index in [1.165, 1.54) is 24.3 Å². The van der Waals surface area contributed by atoms with Gasteiger partial charge in [-0.25, -0.2) is 17.2 Å². The third-order valence-electron chi connectivity index (χ3n) is 4.40. The maximum atomic E-state index is 13.1. The molecule has 0 aliphatic heterocycles. The van der Waals surface area contributed by atoms with E-state index in [2.05, 4.69) is 10.0 Å². The predicted octanol–water partition coefficient (Wildman–Crippen LogP) is 3.17. The standard InChI is InChI=1S/C22H20F2N2O3S/c23-18-8-6-17(7-9-18)15-25-22(27)21(14-16-4-2-1-3-5-16)26-30(28,29)20-12-10-19(24)11-13-20/h1-13,21,26H,14-15H2,(H,25,27)/t21-/m0/s1. The van der Waals surface area contributed by atoms with E-state index in [4.69, 9.17) is 0 Å². The molecule has 0 saturated carbocycles. The summed E-state index contributed by atoms with van der Waals surface area (Å²) in [4.78, 5) is 12.6. The Bertz CT molecular complexity index is 1090. The zero-order chi connectivity index (χ0) is 21.6. The van der Waals surface area contributed by atoms with E-state index in [1.807, 2.05) is 6.07 Å². The Labute approximate surface area is 173 Å². The average molecular weight is 430 g/mol. The fourth-order valence-corrected chi connectivity index (χ4v) is 4.02. The van der Waals surface area contributed by atoms with E-state index in [-0.39, 0.29) is 23.7 Å². The molecule has 8 heteroatoms. The molecular weight excluding hydrogens is 410 g/mol. The lowest BCUT2D eigenvalue weighted by atomic mass is 10.1. The minimum Gasteiger partial charge on any atom is -0.351 e. The molecule has 0 unspecified atom stereocenters. The van der Waals surface area contributed by atoms with Gasteiger partial charge in [0.15, 0.2) is 0 Å². The van der Waals surface area contributed by atoms with Crippen molar-refractivity contribution in [2.24, 2.45) is 0 Å². The van der Waals surface area contributed by atoms with Crippen LogP contribution in [0.4, 0.5) is 8.78 Å². The fraction of sp³-hybridized carbons (Fsp3) is 0.136. The zero-order valence-electron chi connectivity index (χ0n) is 15.9. The first kappa shape index (κ1) is 21.6. The number of carbonyl (C=O) groups is 1. The van der Waals surface area contributed by atoms with Crippen LogP contribution in [0.15, 0.2) is 83.8 Å². The van der Waals surface area contributed by atoms with E-state index in [1.54, 1.807) is 24.3 Å². The molecule has 3 aromatic rings. The normalized spacial score (nSPS) is 12.3. The summed E-state index contributed by atoms with van der Waals surface area (Å²) in [6, 6.07) is 17.8. The van der Waals surface area contributed by atoms with Crippen molar-refractivity contribution in [2.45, 2.75) is 23.9 Å². The van der Waals surface area contributed by atoms with Crippen molar-refractivity contribution in [2.75, 3.05) is 0 Å². The second-order valence-electron chi connectivity index (χ2n) is 6.66. The first-order chi connectivity index (χ1) is 14.3. The van der Waals surface area contributed by atoms with Crippen LogP contribution in [0.25, 0.3) is 0 Å². The Balaban J connectivity index is 1.77. The van der Waals surface area contributed by atoms with Gasteiger partial charge in [-0.2, -0.15) is 4.72 Å². The van der Waals surface area contributed by atoms with E-state index in [0.717, 1.165) is 29.8 Å². The third kappa shape index (κ3) is 5.95.